The van der Waals surface area contributed by atoms with E-state index in [9.17, 15) is 0 Å². The molecule has 3 radical (unpaired) electrons. The Morgan fingerprint density at radius 1 is 1.33 bits per heavy atom. The molecule has 0 atom stereocenters. The minimum Gasteiger partial charge on any atom is -0.232 e. The number of hydrogen-bond donors (Lipinski definition) is 0. The van der Waals surface area contributed by atoms with Crippen LogP contribution in [0.1, 0.15) is 13.8 Å². The molecule has 0 saturated heterocycles. The number of hydrogen-bond acceptors (Lipinski definition) is 0. The van der Waals surface area contributed by atoms with Crippen molar-refractivity contribution in [1.29, 1.82) is 0 Å². The van der Waals surface area contributed by atoms with Gasteiger partial charge in [-0.3, -0.25) is 0 Å². The van der Waals surface area contributed by atoms with E-state index in [0.29, 0.717) is 0 Å². The first-order valence-electron chi connectivity index (χ1n) is 1.89. The van der Waals surface area contributed by atoms with Crippen molar-refractivity contribution in [2.75, 3.05) is 0 Å². The normalized spacial score (nSPS) is 7.67. The molecule has 0 aliphatic heterocycles. The SMILES string of the molecule is C[CH-]/C=C(\C)Br.[Y].[Y].[Y]. The third-order valence-corrected chi connectivity index (χ3v) is 0.661. The molecule has 0 aromatic carbocycles. The van der Waals surface area contributed by atoms with Crippen LogP contribution >= 0.6 is 15.9 Å². The molecular formula is C5H8BrY3-. The van der Waals surface area contributed by atoms with Gasteiger partial charge < -0.3 is 0 Å². The van der Waals surface area contributed by atoms with Crippen LogP contribution in [0.2, 0.25) is 0 Å². The molecule has 0 aromatic heterocycles. The molecule has 0 unspecified atom stereocenters. The summed E-state index contributed by atoms with van der Waals surface area (Å²) >= 11 is 3.26. The smallest absolute Gasteiger partial charge is 0 e. The van der Waals surface area contributed by atoms with Crippen molar-refractivity contribution in [2.24, 2.45) is 0 Å². The Labute approximate surface area is 142 Å². The van der Waals surface area contributed by atoms with Gasteiger partial charge in [-0.25, -0.2) is 12.5 Å². The quantitative estimate of drug-likeness (QED) is 0.579. The maximum atomic E-state index is 3.26. The molecule has 0 N–H and O–H groups in total. The van der Waals surface area contributed by atoms with Gasteiger partial charge >= 0.3 is 0 Å². The summed E-state index contributed by atoms with van der Waals surface area (Å²) < 4.78 is 1.17. The molecule has 0 amide bonds. The van der Waals surface area contributed by atoms with Crippen molar-refractivity contribution in [3.05, 3.63) is 17.0 Å². The summed E-state index contributed by atoms with van der Waals surface area (Å²) in [6.07, 6.45) is 3.99. The van der Waals surface area contributed by atoms with Crippen LogP contribution in [-0.2, 0) is 98.1 Å². The van der Waals surface area contributed by atoms with Crippen LogP contribution in [0.25, 0.3) is 0 Å². The zero-order valence-electron chi connectivity index (χ0n) is 5.76. The third kappa shape index (κ3) is 24.6. The summed E-state index contributed by atoms with van der Waals surface area (Å²) in [5, 5.41) is 0. The van der Waals surface area contributed by atoms with Crippen LogP contribution in [-0.4, -0.2) is 0 Å². The molecule has 0 aliphatic rings. The van der Waals surface area contributed by atoms with Crippen molar-refractivity contribution in [3.63, 3.8) is 0 Å². The van der Waals surface area contributed by atoms with E-state index < -0.39 is 0 Å². The van der Waals surface area contributed by atoms with Gasteiger partial charge in [0.1, 0.15) is 0 Å². The second-order valence-electron chi connectivity index (χ2n) is 1.09. The van der Waals surface area contributed by atoms with E-state index in [1.54, 1.807) is 0 Å². The zero-order valence-corrected chi connectivity index (χ0v) is 15.9. The van der Waals surface area contributed by atoms with Crippen LogP contribution < -0.4 is 0 Å². The molecule has 0 rings (SSSR count). The molecule has 0 bridgehead atoms. The van der Waals surface area contributed by atoms with Gasteiger partial charge in [0.15, 0.2) is 0 Å². The van der Waals surface area contributed by atoms with E-state index in [-0.39, 0.29) is 98.1 Å². The van der Waals surface area contributed by atoms with Gasteiger partial charge in [-0.1, -0.05) is 0 Å². The summed E-state index contributed by atoms with van der Waals surface area (Å²) in [6, 6.07) is 0. The molecule has 0 fully saturated rings. The fraction of sp³-hybridized carbons (Fsp3) is 0.400. The summed E-state index contributed by atoms with van der Waals surface area (Å²) in [5.41, 5.74) is 0. The minimum absolute atomic E-state index is 0. The first kappa shape index (κ1) is 22.8. The van der Waals surface area contributed by atoms with Crippen molar-refractivity contribution < 1.29 is 98.1 Å². The Kier molecular flexibility index (Phi) is 44.3. The van der Waals surface area contributed by atoms with E-state index in [2.05, 4.69) is 15.9 Å². The summed E-state index contributed by atoms with van der Waals surface area (Å²) in [4.78, 5) is 0. The van der Waals surface area contributed by atoms with Gasteiger partial charge in [0.25, 0.3) is 0 Å². The van der Waals surface area contributed by atoms with Gasteiger partial charge in [-0.05, 0) is 0 Å². The van der Waals surface area contributed by atoms with E-state index in [4.69, 9.17) is 0 Å². The first-order chi connectivity index (χ1) is 2.77. The van der Waals surface area contributed by atoms with Crippen molar-refractivity contribution in [3.8, 4) is 0 Å². The largest absolute Gasteiger partial charge is 0.232 e. The van der Waals surface area contributed by atoms with E-state index in [1.165, 1.54) is 4.48 Å². The standard InChI is InChI=1S/C5H8Br.3Y/c1-3-4-5(2)6;;;/h3-4H,1-2H3;;;/q-1;;;/b5-4+;;;. The molecule has 0 heterocycles. The average molecular weight is 415 g/mol. The second kappa shape index (κ2) is 17.5. The first-order valence-corrected chi connectivity index (χ1v) is 2.68. The van der Waals surface area contributed by atoms with E-state index in [0.717, 1.165) is 0 Å². The van der Waals surface area contributed by atoms with Crippen LogP contribution in [0, 0.1) is 6.42 Å². The summed E-state index contributed by atoms with van der Waals surface area (Å²) in [6.45, 7) is 3.99. The minimum atomic E-state index is 0. The maximum Gasteiger partial charge on any atom is 0 e. The van der Waals surface area contributed by atoms with Gasteiger partial charge in [0.05, 0.1) is 0 Å². The van der Waals surface area contributed by atoms with Gasteiger partial charge in [0, 0.05) is 98.1 Å². The average Bonchev–Trinajstić information content (AvgIpc) is 1.35. The zero-order chi connectivity index (χ0) is 4.99. The topological polar surface area (TPSA) is 0 Å². The van der Waals surface area contributed by atoms with Crippen LogP contribution in [0.15, 0.2) is 10.6 Å². The molecule has 0 aromatic rings. The van der Waals surface area contributed by atoms with Crippen molar-refractivity contribution in [1.82, 2.24) is 0 Å². The molecule has 0 saturated carbocycles. The van der Waals surface area contributed by atoms with Gasteiger partial charge in [-0.2, -0.15) is 20.4 Å². The maximum absolute atomic E-state index is 3.26. The van der Waals surface area contributed by atoms with Crippen LogP contribution in [0.3, 0.4) is 0 Å². The molecule has 0 spiro atoms. The second-order valence-corrected chi connectivity index (χ2v) is 2.34. The Balaban J connectivity index is -0.0000000417. The predicted octanol–water partition coefficient (Wildman–Crippen LogP) is 2.50. The fourth-order valence-electron chi connectivity index (χ4n) is 0.230. The number of allylic oxidation sites excluding steroid dienone is 2. The van der Waals surface area contributed by atoms with Gasteiger partial charge in [-0.15, -0.1) is 13.8 Å². The van der Waals surface area contributed by atoms with Crippen LogP contribution in [0.5, 0.6) is 0 Å². The Morgan fingerprint density at radius 2 is 1.67 bits per heavy atom. The van der Waals surface area contributed by atoms with Crippen molar-refractivity contribution in [2.45, 2.75) is 13.8 Å². The third-order valence-electron chi connectivity index (χ3n) is 0.396. The van der Waals surface area contributed by atoms with Crippen molar-refractivity contribution >= 4 is 15.9 Å². The Bertz CT molecular complexity index is 59.2. The molecular weight excluding hydrogens is 407 g/mol. The predicted molar refractivity (Wildman–Crippen MR) is 32.7 cm³/mol. The summed E-state index contributed by atoms with van der Waals surface area (Å²) in [5.74, 6) is 0. The Morgan fingerprint density at radius 3 is 1.67 bits per heavy atom. The molecule has 9 heavy (non-hydrogen) atoms. The Hall–Kier alpha value is 3.40. The molecule has 45 valence electrons. The molecule has 0 aliphatic carbocycles. The molecule has 0 nitrogen and oxygen atoms in total. The van der Waals surface area contributed by atoms with Gasteiger partial charge in [0.2, 0.25) is 0 Å². The number of halogens is 1. The molecule has 4 heteroatoms. The monoisotopic (exact) mass is 414 g/mol. The van der Waals surface area contributed by atoms with E-state index >= 15 is 0 Å². The summed E-state index contributed by atoms with van der Waals surface area (Å²) in [7, 11) is 0. The fourth-order valence-corrected chi connectivity index (χ4v) is 0.494. The van der Waals surface area contributed by atoms with Crippen LogP contribution in [0.4, 0.5) is 0 Å². The number of rotatable bonds is 1. The van der Waals surface area contributed by atoms with E-state index in [1.807, 2.05) is 26.3 Å².